The quantitative estimate of drug-likeness (QED) is 0.826. The predicted octanol–water partition coefficient (Wildman–Crippen LogP) is 3.58. The zero-order valence-corrected chi connectivity index (χ0v) is 16.2. The lowest BCUT2D eigenvalue weighted by Crippen LogP contribution is -2.45. The number of hydrogen-bond acceptors (Lipinski definition) is 3. The van der Waals surface area contributed by atoms with Crippen LogP contribution in [0.5, 0.6) is 0 Å². The molecule has 1 aromatic heterocycles. The van der Waals surface area contributed by atoms with Gasteiger partial charge in [0, 0.05) is 34.4 Å². The van der Waals surface area contributed by atoms with E-state index in [2.05, 4.69) is 11.9 Å². The number of aryl methyl sites for hydroxylation is 1. The minimum absolute atomic E-state index is 0.000853. The van der Waals surface area contributed by atoms with Gasteiger partial charge in [0.05, 0.1) is 0 Å². The van der Waals surface area contributed by atoms with Gasteiger partial charge in [0.25, 0.3) is 5.56 Å². The first kappa shape index (κ1) is 18.6. The summed E-state index contributed by atoms with van der Waals surface area (Å²) in [5, 5.41) is 0.567. The fourth-order valence-corrected chi connectivity index (χ4v) is 3.64. The number of aromatic nitrogens is 2. The second-order valence-electron chi connectivity index (χ2n) is 6.98. The molecule has 5 nitrogen and oxygen atoms in total. The number of likely N-dealkylation sites (tertiary alicyclic amines) is 1. The molecule has 1 amide bonds. The van der Waals surface area contributed by atoms with Gasteiger partial charge in [-0.3, -0.25) is 14.2 Å². The summed E-state index contributed by atoms with van der Waals surface area (Å²) in [6.45, 7) is 6.37. The summed E-state index contributed by atoms with van der Waals surface area (Å²) in [6.07, 6.45) is 3.16. The Bertz CT molecular complexity index is 891. The van der Waals surface area contributed by atoms with E-state index in [0.29, 0.717) is 22.1 Å². The third-order valence-electron chi connectivity index (χ3n) is 5.14. The first-order valence-corrected chi connectivity index (χ1v) is 9.39. The second-order valence-corrected chi connectivity index (χ2v) is 7.42. The second kappa shape index (κ2) is 7.62. The molecule has 0 saturated carbocycles. The van der Waals surface area contributed by atoms with Crippen molar-refractivity contribution >= 4 is 17.5 Å². The van der Waals surface area contributed by atoms with Crippen LogP contribution in [0, 0.1) is 13.8 Å². The average molecular weight is 374 g/mol. The van der Waals surface area contributed by atoms with E-state index >= 15 is 0 Å². The minimum Gasteiger partial charge on any atom is -0.338 e. The van der Waals surface area contributed by atoms with E-state index < -0.39 is 0 Å². The summed E-state index contributed by atoms with van der Waals surface area (Å²) < 4.78 is 1.48. The number of nitrogens with zero attached hydrogens (tertiary/aromatic N) is 3. The van der Waals surface area contributed by atoms with Crippen molar-refractivity contribution in [2.45, 2.75) is 52.6 Å². The van der Waals surface area contributed by atoms with E-state index in [-0.39, 0.29) is 24.1 Å². The minimum atomic E-state index is -0.175. The molecular weight excluding hydrogens is 350 g/mol. The van der Waals surface area contributed by atoms with Crippen LogP contribution in [0.1, 0.15) is 37.4 Å². The number of piperidine rings is 1. The van der Waals surface area contributed by atoms with Crippen LogP contribution in [0.25, 0.3) is 11.4 Å². The van der Waals surface area contributed by atoms with Gasteiger partial charge in [-0.15, -0.1) is 0 Å². The monoisotopic (exact) mass is 373 g/mol. The summed E-state index contributed by atoms with van der Waals surface area (Å²) in [6, 6.07) is 7.42. The maximum atomic E-state index is 12.9. The van der Waals surface area contributed by atoms with E-state index in [1.807, 2.05) is 24.0 Å². The zero-order valence-electron chi connectivity index (χ0n) is 15.5. The Balaban J connectivity index is 2.04. The van der Waals surface area contributed by atoms with Crippen LogP contribution in [0.3, 0.4) is 0 Å². The summed E-state index contributed by atoms with van der Waals surface area (Å²) in [5.74, 6) is 0.450. The van der Waals surface area contributed by atoms with E-state index in [1.165, 1.54) is 4.57 Å². The number of amides is 1. The Morgan fingerprint density at radius 3 is 2.77 bits per heavy atom. The van der Waals surface area contributed by atoms with Crippen LogP contribution < -0.4 is 5.56 Å². The van der Waals surface area contributed by atoms with Gasteiger partial charge in [-0.2, -0.15) is 0 Å². The van der Waals surface area contributed by atoms with E-state index in [4.69, 9.17) is 11.6 Å². The van der Waals surface area contributed by atoms with Crippen molar-refractivity contribution in [3.05, 3.63) is 50.9 Å². The SMILES string of the molecule is Cc1nc(-c2cccc(Cl)c2)n(CC(=O)N2CCCC[C@H]2C)c(=O)c1C. The van der Waals surface area contributed by atoms with Gasteiger partial charge in [0.1, 0.15) is 12.4 Å². The lowest BCUT2D eigenvalue weighted by molar-refractivity contribution is -0.135. The summed E-state index contributed by atoms with van der Waals surface area (Å²) in [4.78, 5) is 32.3. The van der Waals surface area contributed by atoms with Crippen LogP contribution >= 0.6 is 11.6 Å². The van der Waals surface area contributed by atoms with Crippen LogP contribution in [0.15, 0.2) is 29.1 Å². The highest BCUT2D eigenvalue weighted by molar-refractivity contribution is 6.30. The van der Waals surface area contributed by atoms with Crippen molar-refractivity contribution in [1.29, 1.82) is 0 Å². The highest BCUT2D eigenvalue weighted by Gasteiger charge is 2.25. The third kappa shape index (κ3) is 3.68. The molecule has 6 heteroatoms. The van der Waals surface area contributed by atoms with Crippen LogP contribution in [-0.2, 0) is 11.3 Å². The number of halogens is 1. The molecule has 1 atom stereocenters. The third-order valence-corrected chi connectivity index (χ3v) is 5.37. The van der Waals surface area contributed by atoms with Gasteiger partial charge in [-0.1, -0.05) is 23.7 Å². The standard InChI is InChI=1S/C20H24ClN3O2/c1-13-7-4-5-10-23(13)18(25)12-24-19(16-8-6-9-17(21)11-16)22-15(3)14(2)20(24)26/h6,8-9,11,13H,4-5,7,10,12H2,1-3H3/t13-/m1/s1. The maximum Gasteiger partial charge on any atom is 0.257 e. The van der Waals surface area contributed by atoms with E-state index in [0.717, 1.165) is 31.4 Å². The Kier molecular flexibility index (Phi) is 5.47. The summed E-state index contributed by atoms with van der Waals surface area (Å²) in [7, 11) is 0. The molecule has 0 spiro atoms. The fraction of sp³-hybridized carbons (Fsp3) is 0.450. The number of hydrogen-bond donors (Lipinski definition) is 0. The van der Waals surface area contributed by atoms with E-state index in [1.54, 1.807) is 19.1 Å². The van der Waals surface area contributed by atoms with Crippen molar-refractivity contribution < 1.29 is 4.79 Å². The van der Waals surface area contributed by atoms with Gasteiger partial charge >= 0.3 is 0 Å². The lowest BCUT2D eigenvalue weighted by atomic mass is 10.0. The number of rotatable bonds is 3. The molecule has 0 aliphatic carbocycles. The number of carbonyl (C=O) groups is 1. The Hall–Kier alpha value is -2.14. The highest BCUT2D eigenvalue weighted by atomic mass is 35.5. The molecule has 1 saturated heterocycles. The molecule has 0 radical (unpaired) electrons. The Morgan fingerprint density at radius 1 is 1.31 bits per heavy atom. The maximum absolute atomic E-state index is 12.9. The van der Waals surface area contributed by atoms with Crippen LogP contribution in [0.2, 0.25) is 5.02 Å². The molecule has 0 N–H and O–H groups in total. The lowest BCUT2D eigenvalue weighted by Gasteiger charge is -2.33. The largest absolute Gasteiger partial charge is 0.338 e. The predicted molar refractivity (Wildman–Crippen MR) is 103 cm³/mol. The molecule has 1 aromatic carbocycles. The van der Waals surface area contributed by atoms with Crippen molar-refractivity contribution in [1.82, 2.24) is 14.5 Å². The van der Waals surface area contributed by atoms with Gasteiger partial charge in [-0.25, -0.2) is 4.98 Å². The number of carbonyl (C=O) groups excluding carboxylic acids is 1. The zero-order chi connectivity index (χ0) is 18.8. The molecule has 2 aromatic rings. The molecule has 0 unspecified atom stereocenters. The molecular formula is C20H24ClN3O2. The molecule has 1 fully saturated rings. The molecule has 1 aliphatic heterocycles. The normalized spacial score (nSPS) is 17.4. The van der Waals surface area contributed by atoms with Crippen LogP contribution in [0.4, 0.5) is 0 Å². The summed E-state index contributed by atoms with van der Waals surface area (Å²) in [5.41, 5.74) is 1.79. The molecule has 138 valence electrons. The Morgan fingerprint density at radius 2 is 2.08 bits per heavy atom. The van der Waals surface area contributed by atoms with Gasteiger partial charge in [0.15, 0.2) is 0 Å². The van der Waals surface area contributed by atoms with Crippen molar-refractivity contribution in [2.24, 2.45) is 0 Å². The van der Waals surface area contributed by atoms with E-state index in [9.17, 15) is 9.59 Å². The van der Waals surface area contributed by atoms with Gasteiger partial charge < -0.3 is 4.90 Å². The smallest absolute Gasteiger partial charge is 0.257 e. The molecule has 0 bridgehead atoms. The molecule has 1 aliphatic rings. The Labute approximate surface area is 158 Å². The molecule has 3 rings (SSSR count). The van der Waals surface area contributed by atoms with Crippen molar-refractivity contribution in [3.63, 3.8) is 0 Å². The highest BCUT2D eigenvalue weighted by Crippen LogP contribution is 2.22. The van der Waals surface area contributed by atoms with Crippen LogP contribution in [-0.4, -0.2) is 32.9 Å². The van der Waals surface area contributed by atoms with Gasteiger partial charge in [-0.05, 0) is 52.2 Å². The molecule has 26 heavy (non-hydrogen) atoms. The first-order valence-electron chi connectivity index (χ1n) is 9.02. The summed E-state index contributed by atoms with van der Waals surface area (Å²) >= 11 is 6.11. The van der Waals surface area contributed by atoms with Crippen molar-refractivity contribution in [2.75, 3.05) is 6.54 Å². The average Bonchev–Trinajstić information content (AvgIpc) is 2.62. The topological polar surface area (TPSA) is 55.2 Å². The van der Waals surface area contributed by atoms with Crippen molar-refractivity contribution in [3.8, 4) is 11.4 Å². The van der Waals surface area contributed by atoms with Gasteiger partial charge in [0.2, 0.25) is 5.91 Å². The fourth-order valence-electron chi connectivity index (χ4n) is 3.45. The number of benzene rings is 1. The first-order chi connectivity index (χ1) is 12.4. The molecule has 2 heterocycles.